The van der Waals surface area contributed by atoms with Crippen LogP contribution in [-0.4, -0.2) is 27.6 Å². The first kappa shape index (κ1) is 19.6. The molecule has 0 fully saturated rings. The summed E-state index contributed by atoms with van der Waals surface area (Å²) in [6, 6.07) is 9.80. The van der Waals surface area contributed by atoms with Gasteiger partial charge in [0.15, 0.2) is 5.41 Å². The minimum absolute atomic E-state index is 0.0624. The second kappa shape index (κ2) is 5.88. The monoisotopic (exact) mass is 401 g/mol. The number of halogens is 3. The summed E-state index contributed by atoms with van der Waals surface area (Å²) in [6.45, 7) is 6.65. The van der Waals surface area contributed by atoms with Crippen molar-refractivity contribution in [3.8, 4) is 5.75 Å². The summed E-state index contributed by atoms with van der Waals surface area (Å²) in [5, 5.41) is 10.1. The summed E-state index contributed by atoms with van der Waals surface area (Å²) < 4.78 is 43.9. The lowest BCUT2D eigenvalue weighted by molar-refractivity contribution is -0.187. The molecule has 1 amide bonds. The van der Waals surface area contributed by atoms with Crippen LogP contribution < -0.4 is 0 Å². The third-order valence-electron chi connectivity index (χ3n) is 6.05. The minimum Gasteiger partial charge on any atom is -0.507 e. The first-order valence-corrected chi connectivity index (χ1v) is 9.43. The molecule has 1 N–H and O–H groups in total. The van der Waals surface area contributed by atoms with Crippen molar-refractivity contribution in [2.45, 2.75) is 51.2 Å². The third kappa shape index (κ3) is 2.54. The Morgan fingerprint density at radius 1 is 1.07 bits per heavy atom. The van der Waals surface area contributed by atoms with E-state index in [4.69, 9.17) is 0 Å². The maximum atomic E-state index is 14.6. The lowest BCUT2D eigenvalue weighted by atomic mass is 9.78. The molecule has 29 heavy (non-hydrogen) atoms. The van der Waals surface area contributed by atoms with Crippen LogP contribution in [0.25, 0.3) is 5.70 Å². The largest absolute Gasteiger partial charge is 0.507 e. The lowest BCUT2D eigenvalue weighted by Gasteiger charge is -2.43. The van der Waals surface area contributed by atoms with Crippen molar-refractivity contribution in [3.05, 3.63) is 70.3 Å². The highest BCUT2D eigenvalue weighted by Gasteiger charge is 2.67. The number of alkyl halides is 3. The second-order valence-electron chi connectivity index (χ2n) is 8.58. The summed E-state index contributed by atoms with van der Waals surface area (Å²) in [7, 11) is 0. The Kier molecular flexibility index (Phi) is 3.96. The van der Waals surface area contributed by atoms with Gasteiger partial charge in [-0.1, -0.05) is 36.4 Å². The van der Waals surface area contributed by atoms with Gasteiger partial charge in [-0.25, -0.2) is 0 Å². The fraction of sp³-hybridized carbons (Fsp3) is 0.348. The fourth-order valence-corrected chi connectivity index (χ4v) is 4.64. The molecule has 0 bridgehead atoms. The van der Waals surface area contributed by atoms with Crippen molar-refractivity contribution >= 4 is 11.6 Å². The molecule has 2 aliphatic heterocycles. The minimum atomic E-state index is -4.84. The van der Waals surface area contributed by atoms with E-state index in [0.29, 0.717) is 28.8 Å². The number of hydrogen-bond acceptors (Lipinski definition) is 2. The summed E-state index contributed by atoms with van der Waals surface area (Å²) >= 11 is 0. The highest BCUT2D eigenvalue weighted by atomic mass is 19.4. The average Bonchev–Trinajstić information content (AvgIpc) is 2.94. The number of amides is 1. The molecule has 0 spiro atoms. The summed E-state index contributed by atoms with van der Waals surface area (Å²) in [6.07, 6.45) is -3.30. The van der Waals surface area contributed by atoms with Crippen molar-refractivity contribution in [2.75, 3.05) is 0 Å². The summed E-state index contributed by atoms with van der Waals surface area (Å²) in [4.78, 5) is 14.8. The molecule has 2 aromatic rings. The van der Waals surface area contributed by atoms with Crippen LogP contribution in [0.1, 0.15) is 41.7 Å². The summed E-state index contributed by atoms with van der Waals surface area (Å²) in [5.74, 6) is -1.06. The van der Waals surface area contributed by atoms with Crippen molar-refractivity contribution in [3.63, 3.8) is 0 Å². The number of nitrogens with zero attached hydrogens (tertiary/aromatic N) is 1. The first-order valence-electron chi connectivity index (χ1n) is 9.43. The predicted octanol–water partition coefficient (Wildman–Crippen LogP) is 5.03. The predicted molar refractivity (Wildman–Crippen MR) is 104 cm³/mol. The van der Waals surface area contributed by atoms with Gasteiger partial charge in [0, 0.05) is 16.8 Å². The Bertz CT molecular complexity index is 1050. The van der Waals surface area contributed by atoms with Gasteiger partial charge in [-0.2, -0.15) is 13.2 Å². The van der Waals surface area contributed by atoms with Crippen LogP contribution in [0.2, 0.25) is 0 Å². The van der Waals surface area contributed by atoms with Gasteiger partial charge >= 0.3 is 6.18 Å². The molecule has 3 nitrogen and oxygen atoms in total. The zero-order chi connectivity index (χ0) is 21.4. The standard InChI is InChI=1S/C23H22F3NO2/c1-13-9-16(10-14(2)19(13)28)22(23(24,25)26)12-18-17-8-6-5-7-15(17)11-21(3,4)27(18)20(22)29/h5-10,12,28H,11H2,1-4H3. The Labute approximate surface area is 167 Å². The van der Waals surface area contributed by atoms with Gasteiger partial charge in [-0.05, 0) is 62.4 Å². The van der Waals surface area contributed by atoms with E-state index in [1.165, 1.54) is 30.9 Å². The second-order valence-corrected chi connectivity index (χ2v) is 8.58. The van der Waals surface area contributed by atoms with Crippen LogP contribution >= 0.6 is 0 Å². The molecule has 2 heterocycles. The van der Waals surface area contributed by atoms with E-state index in [-0.39, 0.29) is 11.3 Å². The van der Waals surface area contributed by atoms with Gasteiger partial charge in [-0.15, -0.1) is 0 Å². The molecule has 0 aromatic heterocycles. The molecule has 2 aromatic carbocycles. The Balaban J connectivity index is 2.06. The summed E-state index contributed by atoms with van der Waals surface area (Å²) in [5.41, 5.74) is -1.28. The average molecular weight is 401 g/mol. The van der Waals surface area contributed by atoms with Crippen molar-refractivity contribution in [2.24, 2.45) is 0 Å². The molecule has 152 valence electrons. The van der Waals surface area contributed by atoms with E-state index in [1.807, 2.05) is 12.1 Å². The van der Waals surface area contributed by atoms with Crippen LogP contribution in [0.15, 0.2) is 42.5 Å². The number of aryl methyl sites for hydroxylation is 2. The van der Waals surface area contributed by atoms with E-state index < -0.39 is 23.0 Å². The molecule has 1 unspecified atom stereocenters. The van der Waals surface area contributed by atoms with Gasteiger partial charge in [0.05, 0.1) is 0 Å². The topological polar surface area (TPSA) is 40.5 Å². The number of phenolic OH excluding ortho intramolecular Hbond substituents is 1. The fourth-order valence-electron chi connectivity index (χ4n) is 4.64. The van der Waals surface area contributed by atoms with Gasteiger partial charge in [0.2, 0.25) is 0 Å². The van der Waals surface area contributed by atoms with Crippen LogP contribution in [0.5, 0.6) is 5.75 Å². The van der Waals surface area contributed by atoms with E-state index >= 15 is 0 Å². The molecule has 0 saturated heterocycles. The van der Waals surface area contributed by atoms with Gasteiger partial charge in [0.1, 0.15) is 5.75 Å². The van der Waals surface area contributed by atoms with E-state index in [9.17, 15) is 23.1 Å². The molecular weight excluding hydrogens is 379 g/mol. The first-order chi connectivity index (χ1) is 13.4. The van der Waals surface area contributed by atoms with Crippen molar-refractivity contribution < 1.29 is 23.1 Å². The molecule has 0 saturated carbocycles. The Hall–Kier alpha value is -2.76. The Morgan fingerprint density at radius 2 is 1.66 bits per heavy atom. The third-order valence-corrected chi connectivity index (χ3v) is 6.05. The van der Waals surface area contributed by atoms with E-state index in [0.717, 1.165) is 11.6 Å². The van der Waals surface area contributed by atoms with Crippen LogP contribution in [0, 0.1) is 13.8 Å². The lowest BCUT2D eigenvalue weighted by Crippen LogP contribution is -2.56. The van der Waals surface area contributed by atoms with E-state index in [1.54, 1.807) is 26.0 Å². The smallest absolute Gasteiger partial charge is 0.410 e. The SMILES string of the molecule is Cc1cc(C2(C(F)(F)F)C=C3c4ccccc4CC(C)(C)N3C2=O)cc(C)c1O. The van der Waals surface area contributed by atoms with Gasteiger partial charge in [0.25, 0.3) is 5.91 Å². The molecule has 4 rings (SSSR count). The number of carbonyl (C=O) groups is 1. The van der Waals surface area contributed by atoms with Crippen LogP contribution in [0.4, 0.5) is 13.2 Å². The number of fused-ring (bicyclic) bond motifs is 3. The van der Waals surface area contributed by atoms with E-state index in [2.05, 4.69) is 0 Å². The van der Waals surface area contributed by atoms with Crippen molar-refractivity contribution in [1.82, 2.24) is 4.90 Å². The van der Waals surface area contributed by atoms with Gasteiger partial charge < -0.3 is 10.0 Å². The molecular formula is C23H22F3NO2. The highest BCUT2D eigenvalue weighted by molar-refractivity contribution is 6.05. The van der Waals surface area contributed by atoms with Crippen LogP contribution in [-0.2, 0) is 16.6 Å². The number of aromatic hydroxyl groups is 1. The van der Waals surface area contributed by atoms with Gasteiger partial charge in [-0.3, -0.25) is 4.79 Å². The maximum absolute atomic E-state index is 14.6. The molecule has 0 radical (unpaired) electrons. The number of carbonyl (C=O) groups excluding carboxylic acids is 1. The Morgan fingerprint density at radius 3 is 2.24 bits per heavy atom. The van der Waals surface area contributed by atoms with Crippen molar-refractivity contribution in [1.29, 1.82) is 0 Å². The molecule has 1 atom stereocenters. The number of rotatable bonds is 1. The number of hydrogen-bond donors (Lipinski definition) is 1. The number of benzene rings is 2. The zero-order valence-corrected chi connectivity index (χ0v) is 16.7. The molecule has 6 heteroatoms. The molecule has 0 aliphatic carbocycles. The molecule has 2 aliphatic rings. The maximum Gasteiger partial charge on any atom is 0.410 e. The normalized spacial score (nSPS) is 22.9. The quantitative estimate of drug-likeness (QED) is 0.728. The van der Waals surface area contributed by atoms with Crippen LogP contribution in [0.3, 0.4) is 0 Å². The highest BCUT2D eigenvalue weighted by Crippen LogP contribution is 2.55. The number of phenols is 1. The zero-order valence-electron chi connectivity index (χ0n) is 16.7.